The summed E-state index contributed by atoms with van der Waals surface area (Å²) in [5.41, 5.74) is -0.592. The molecule has 100 valence electrons. The summed E-state index contributed by atoms with van der Waals surface area (Å²) in [5.74, 6) is -0.387. The molecule has 1 aromatic rings. The molecule has 3 nitrogen and oxygen atoms in total. The van der Waals surface area contributed by atoms with E-state index in [4.69, 9.17) is 9.47 Å². The average Bonchev–Trinajstić information content (AvgIpc) is 2.94. The van der Waals surface area contributed by atoms with Crippen LogP contribution in [0.3, 0.4) is 0 Å². The molecule has 0 atom stereocenters. The van der Waals surface area contributed by atoms with E-state index in [1.807, 2.05) is 6.07 Å². The molecule has 2 fully saturated rings. The Hall–Kier alpha value is 0.0600. The van der Waals surface area contributed by atoms with Gasteiger partial charge >= 0.3 is 0 Å². The van der Waals surface area contributed by atoms with E-state index in [0.29, 0.717) is 13.2 Å². The second-order valence-electron chi connectivity index (χ2n) is 5.21. The first-order chi connectivity index (χ1) is 8.59. The maximum absolute atomic E-state index is 10.7. The molecule has 2 heterocycles. The van der Waals surface area contributed by atoms with Gasteiger partial charge in [0.05, 0.1) is 22.6 Å². The molecule has 5 heteroatoms. The average molecular weight is 333 g/mol. The molecule has 1 spiro atoms. The van der Waals surface area contributed by atoms with Crippen molar-refractivity contribution in [3.8, 4) is 0 Å². The number of ether oxygens (including phenoxy) is 2. The molecule has 1 saturated heterocycles. The Morgan fingerprint density at radius 3 is 2.39 bits per heavy atom. The van der Waals surface area contributed by atoms with Gasteiger partial charge in [0.15, 0.2) is 5.79 Å². The molecule has 0 unspecified atom stereocenters. The summed E-state index contributed by atoms with van der Waals surface area (Å²) in [6.07, 6.45) is 3.84. The number of aliphatic hydroxyl groups is 1. The van der Waals surface area contributed by atoms with Crippen LogP contribution in [0.25, 0.3) is 0 Å². The minimum absolute atomic E-state index is 0.387. The van der Waals surface area contributed by atoms with Gasteiger partial charge in [-0.25, -0.2) is 0 Å². The zero-order chi connectivity index (χ0) is 12.6. The number of halogens is 1. The number of hydrogen-bond donors (Lipinski definition) is 1. The minimum Gasteiger partial charge on any atom is -0.390 e. The molecule has 1 saturated carbocycles. The zero-order valence-corrected chi connectivity index (χ0v) is 12.6. The monoisotopic (exact) mass is 332 g/mol. The quantitative estimate of drug-likeness (QED) is 0.904. The van der Waals surface area contributed by atoms with Crippen molar-refractivity contribution in [3.63, 3.8) is 0 Å². The van der Waals surface area contributed by atoms with Gasteiger partial charge in [-0.15, -0.1) is 11.3 Å². The van der Waals surface area contributed by atoms with E-state index in [1.54, 1.807) is 11.3 Å². The molecule has 0 aromatic carbocycles. The fourth-order valence-corrected chi connectivity index (χ4v) is 4.45. The smallest absolute Gasteiger partial charge is 0.168 e. The van der Waals surface area contributed by atoms with Crippen LogP contribution in [-0.2, 0) is 15.9 Å². The lowest BCUT2D eigenvalue weighted by atomic mass is 9.79. The van der Waals surface area contributed by atoms with Gasteiger partial charge in [0.2, 0.25) is 0 Å². The van der Waals surface area contributed by atoms with Crippen LogP contribution in [0.5, 0.6) is 0 Å². The molecule has 1 aliphatic carbocycles. The molecule has 0 radical (unpaired) electrons. The third-order valence-electron chi connectivity index (χ3n) is 3.89. The number of rotatable bonds is 2. The van der Waals surface area contributed by atoms with E-state index in [2.05, 4.69) is 22.0 Å². The highest BCUT2D eigenvalue weighted by atomic mass is 79.9. The predicted molar refractivity (Wildman–Crippen MR) is 73.8 cm³/mol. The molecule has 0 amide bonds. The summed E-state index contributed by atoms with van der Waals surface area (Å²) < 4.78 is 12.5. The highest BCUT2D eigenvalue weighted by molar-refractivity contribution is 9.11. The Labute approximate surface area is 119 Å². The van der Waals surface area contributed by atoms with Crippen LogP contribution in [0.2, 0.25) is 0 Å². The first-order valence-electron chi connectivity index (χ1n) is 6.34. The lowest BCUT2D eigenvalue weighted by molar-refractivity contribution is -0.202. The van der Waals surface area contributed by atoms with Crippen LogP contribution < -0.4 is 0 Å². The molecule has 1 N–H and O–H groups in total. The van der Waals surface area contributed by atoms with Crippen molar-refractivity contribution < 1.29 is 14.6 Å². The van der Waals surface area contributed by atoms with Crippen LogP contribution in [0.15, 0.2) is 15.9 Å². The Morgan fingerprint density at radius 2 is 1.83 bits per heavy atom. The topological polar surface area (TPSA) is 38.7 Å². The number of hydrogen-bond acceptors (Lipinski definition) is 4. The van der Waals surface area contributed by atoms with Crippen molar-refractivity contribution in [1.29, 1.82) is 0 Å². The molecule has 1 aromatic heterocycles. The molecular weight excluding hydrogens is 316 g/mol. The van der Waals surface area contributed by atoms with Gasteiger partial charge in [0.25, 0.3) is 0 Å². The SMILES string of the molecule is OC1(Cc2ccc(Br)s2)CCC2(CC1)OCCO2. The largest absolute Gasteiger partial charge is 0.390 e. The highest BCUT2D eigenvalue weighted by Gasteiger charge is 2.45. The van der Waals surface area contributed by atoms with Crippen LogP contribution in [-0.4, -0.2) is 29.7 Å². The van der Waals surface area contributed by atoms with Crippen molar-refractivity contribution in [2.75, 3.05) is 13.2 Å². The summed E-state index contributed by atoms with van der Waals surface area (Å²) in [4.78, 5) is 1.23. The minimum atomic E-state index is -0.592. The van der Waals surface area contributed by atoms with E-state index in [1.165, 1.54) is 4.88 Å². The molecule has 18 heavy (non-hydrogen) atoms. The third-order valence-corrected chi connectivity index (χ3v) is 5.51. The molecular formula is C13H17BrO3S. The molecule has 3 rings (SSSR count). The fourth-order valence-electron chi connectivity index (χ4n) is 2.83. The lowest BCUT2D eigenvalue weighted by Gasteiger charge is -2.40. The second-order valence-corrected chi connectivity index (χ2v) is 7.76. The van der Waals surface area contributed by atoms with Gasteiger partial charge in [0, 0.05) is 24.1 Å². The van der Waals surface area contributed by atoms with Crippen LogP contribution in [0.1, 0.15) is 30.6 Å². The van der Waals surface area contributed by atoms with Crippen molar-refractivity contribution in [1.82, 2.24) is 0 Å². The van der Waals surface area contributed by atoms with E-state index in [9.17, 15) is 5.11 Å². The lowest BCUT2D eigenvalue weighted by Crippen LogP contribution is -2.44. The van der Waals surface area contributed by atoms with E-state index in [-0.39, 0.29) is 5.79 Å². The van der Waals surface area contributed by atoms with E-state index in [0.717, 1.165) is 35.9 Å². The van der Waals surface area contributed by atoms with Crippen molar-refractivity contribution in [2.24, 2.45) is 0 Å². The van der Waals surface area contributed by atoms with Gasteiger partial charge in [-0.3, -0.25) is 0 Å². The summed E-state index contributed by atoms with van der Waals surface area (Å²) in [7, 11) is 0. The summed E-state index contributed by atoms with van der Waals surface area (Å²) >= 11 is 5.16. The summed E-state index contributed by atoms with van der Waals surface area (Å²) in [6, 6.07) is 4.12. The Bertz CT molecular complexity index is 416. The fraction of sp³-hybridized carbons (Fsp3) is 0.692. The van der Waals surface area contributed by atoms with E-state index < -0.39 is 5.60 Å². The number of thiophene rings is 1. The first-order valence-corrected chi connectivity index (χ1v) is 7.95. The Balaban J connectivity index is 1.63. The van der Waals surface area contributed by atoms with Gasteiger partial charge in [0.1, 0.15) is 0 Å². The van der Waals surface area contributed by atoms with E-state index >= 15 is 0 Å². The van der Waals surface area contributed by atoms with Crippen LogP contribution in [0.4, 0.5) is 0 Å². The third kappa shape index (κ3) is 2.65. The van der Waals surface area contributed by atoms with Crippen molar-refractivity contribution >= 4 is 27.3 Å². The first kappa shape index (κ1) is 13.1. The van der Waals surface area contributed by atoms with Crippen LogP contribution in [0, 0.1) is 0 Å². The standard InChI is InChI=1S/C13H17BrO3S/c14-11-2-1-10(18-11)9-12(15)3-5-13(6-4-12)16-7-8-17-13/h1-2,15H,3-9H2. The van der Waals surface area contributed by atoms with Gasteiger partial charge < -0.3 is 14.6 Å². The summed E-state index contributed by atoms with van der Waals surface area (Å²) in [6.45, 7) is 1.38. The van der Waals surface area contributed by atoms with Gasteiger partial charge in [-0.2, -0.15) is 0 Å². The predicted octanol–water partition coefficient (Wildman–Crippen LogP) is 3.10. The Kier molecular flexibility index (Phi) is 3.53. The molecule has 1 aliphatic heterocycles. The maximum atomic E-state index is 10.7. The second kappa shape index (κ2) is 4.87. The van der Waals surface area contributed by atoms with Gasteiger partial charge in [-0.05, 0) is 40.9 Å². The zero-order valence-electron chi connectivity index (χ0n) is 10.2. The van der Waals surface area contributed by atoms with Crippen LogP contribution >= 0.6 is 27.3 Å². The molecule has 2 aliphatic rings. The normalized spacial score (nSPS) is 25.7. The maximum Gasteiger partial charge on any atom is 0.168 e. The highest BCUT2D eigenvalue weighted by Crippen LogP contribution is 2.42. The van der Waals surface area contributed by atoms with Crippen molar-refractivity contribution in [3.05, 3.63) is 20.8 Å². The summed E-state index contributed by atoms with van der Waals surface area (Å²) in [5, 5.41) is 10.7. The molecule has 0 bridgehead atoms. The van der Waals surface area contributed by atoms with Crippen molar-refractivity contribution in [2.45, 2.75) is 43.5 Å². The van der Waals surface area contributed by atoms with Gasteiger partial charge in [-0.1, -0.05) is 0 Å². The Morgan fingerprint density at radius 1 is 1.17 bits per heavy atom.